The lowest BCUT2D eigenvalue weighted by Gasteiger charge is -2.49. The van der Waals surface area contributed by atoms with Crippen molar-refractivity contribution in [1.82, 2.24) is 20.0 Å². The first-order chi connectivity index (χ1) is 15.2. The number of methoxy groups -OCH3 is 1. The van der Waals surface area contributed by atoms with Crippen molar-refractivity contribution < 1.29 is 9.47 Å². The van der Waals surface area contributed by atoms with E-state index in [9.17, 15) is 0 Å². The standard InChI is InChI=1S/C24H47N5O2.HI/c1-4-25-23(28-15-9-22(10-16-28)31-20-8-19-30-3)26-21-24(11-17-27(2)18-12-24)29-13-6-5-7-14-29;/h22H,4-21H2,1-3H3,(H,25,26);1H. The normalized spacial score (nSPS) is 23.7. The molecule has 0 bridgehead atoms. The third-order valence-corrected chi connectivity index (χ3v) is 7.39. The minimum Gasteiger partial charge on any atom is -0.385 e. The molecule has 8 heteroatoms. The Morgan fingerprint density at radius 3 is 2.31 bits per heavy atom. The van der Waals surface area contributed by atoms with Gasteiger partial charge in [-0.2, -0.15) is 0 Å². The summed E-state index contributed by atoms with van der Waals surface area (Å²) >= 11 is 0. The van der Waals surface area contributed by atoms with Gasteiger partial charge in [-0.1, -0.05) is 6.42 Å². The molecular weight excluding hydrogens is 517 g/mol. The van der Waals surface area contributed by atoms with E-state index in [-0.39, 0.29) is 29.5 Å². The predicted molar refractivity (Wildman–Crippen MR) is 143 cm³/mol. The largest absolute Gasteiger partial charge is 0.385 e. The maximum atomic E-state index is 6.06. The van der Waals surface area contributed by atoms with Crippen LogP contribution in [-0.4, -0.2) is 112 Å². The van der Waals surface area contributed by atoms with Gasteiger partial charge in [0, 0.05) is 45.5 Å². The number of nitrogens with one attached hydrogen (secondary N) is 1. The zero-order valence-corrected chi connectivity index (χ0v) is 23.1. The van der Waals surface area contributed by atoms with E-state index >= 15 is 0 Å². The third kappa shape index (κ3) is 8.25. The number of hydrogen-bond donors (Lipinski definition) is 1. The van der Waals surface area contributed by atoms with E-state index in [1.807, 2.05) is 0 Å². The lowest BCUT2D eigenvalue weighted by molar-refractivity contribution is 0.00927. The van der Waals surface area contributed by atoms with Gasteiger partial charge in [0.1, 0.15) is 0 Å². The van der Waals surface area contributed by atoms with Gasteiger partial charge in [0.15, 0.2) is 5.96 Å². The molecule has 3 fully saturated rings. The third-order valence-electron chi connectivity index (χ3n) is 7.39. The number of aliphatic imine (C=N–C) groups is 1. The highest BCUT2D eigenvalue weighted by Gasteiger charge is 2.39. The molecule has 32 heavy (non-hydrogen) atoms. The fraction of sp³-hybridized carbons (Fsp3) is 0.958. The first-order valence-electron chi connectivity index (χ1n) is 12.7. The van der Waals surface area contributed by atoms with Crippen LogP contribution in [-0.2, 0) is 9.47 Å². The van der Waals surface area contributed by atoms with Crippen molar-refractivity contribution in [1.29, 1.82) is 0 Å². The second kappa shape index (κ2) is 15.0. The van der Waals surface area contributed by atoms with Crippen LogP contribution in [0.4, 0.5) is 0 Å². The van der Waals surface area contributed by atoms with E-state index in [2.05, 4.69) is 34.0 Å². The maximum Gasteiger partial charge on any atom is 0.193 e. The Kier molecular flexibility index (Phi) is 13.1. The lowest BCUT2D eigenvalue weighted by Crippen LogP contribution is -2.58. The second-order valence-corrected chi connectivity index (χ2v) is 9.65. The van der Waals surface area contributed by atoms with Crippen molar-refractivity contribution in [2.45, 2.75) is 69.9 Å². The van der Waals surface area contributed by atoms with Gasteiger partial charge >= 0.3 is 0 Å². The van der Waals surface area contributed by atoms with Crippen LogP contribution in [0.15, 0.2) is 4.99 Å². The summed E-state index contributed by atoms with van der Waals surface area (Å²) in [7, 11) is 4.01. The molecule has 0 spiro atoms. The van der Waals surface area contributed by atoms with E-state index in [4.69, 9.17) is 14.5 Å². The fourth-order valence-electron chi connectivity index (χ4n) is 5.31. The highest BCUT2D eigenvalue weighted by atomic mass is 127. The van der Waals surface area contributed by atoms with E-state index in [0.29, 0.717) is 6.10 Å². The Morgan fingerprint density at radius 2 is 1.69 bits per heavy atom. The molecule has 3 aliphatic heterocycles. The molecule has 3 aliphatic rings. The number of guanidine groups is 1. The van der Waals surface area contributed by atoms with E-state index in [1.54, 1.807) is 7.11 Å². The number of nitrogens with zero attached hydrogens (tertiary/aromatic N) is 4. The second-order valence-electron chi connectivity index (χ2n) is 9.65. The van der Waals surface area contributed by atoms with Crippen LogP contribution in [0.25, 0.3) is 0 Å². The lowest BCUT2D eigenvalue weighted by atomic mass is 9.84. The fourth-order valence-corrected chi connectivity index (χ4v) is 5.31. The molecule has 0 aliphatic carbocycles. The van der Waals surface area contributed by atoms with E-state index in [1.165, 1.54) is 58.3 Å². The summed E-state index contributed by atoms with van der Waals surface area (Å²) in [6.45, 7) is 12.6. The first-order valence-corrected chi connectivity index (χ1v) is 12.7. The molecule has 3 heterocycles. The Hall–Kier alpha value is -0.160. The summed E-state index contributed by atoms with van der Waals surface area (Å²) in [5.74, 6) is 1.11. The summed E-state index contributed by atoms with van der Waals surface area (Å²) in [6, 6.07) is 0. The molecule has 0 atom stereocenters. The molecule has 0 radical (unpaired) electrons. The molecule has 1 N–H and O–H groups in total. The van der Waals surface area contributed by atoms with Crippen molar-refractivity contribution in [2.24, 2.45) is 4.99 Å². The van der Waals surface area contributed by atoms with Gasteiger partial charge in [0.05, 0.1) is 12.6 Å². The van der Waals surface area contributed by atoms with Crippen molar-refractivity contribution in [3.05, 3.63) is 0 Å². The van der Waals surface area contributed by atoms with Gasteiger partial charge in [0.2, 0.25) is 0 Å². The van der Waals surface area contributed by atoms with E-state index in [0.717, 1.165) is 64.6 Å². The molecule has 3 rings (SSSR count). The Bertz CT molecular complexity index is 528. The highest BCUT2D eigenvalue weighted by Crippen LogP contribution is 2.32. The minimum absolute atomic E-state index is 0. The van der Waals surface area contributed by atoms with Crippen molar-refractivity contribution >= 4 is 29.9 Å². The number of ether oxygens (including phenoxy) is 2. The van der Waals surface area contributed by atoms with Crippen molar-refractivity contribution in [3.63, 3.8) is 0 Å². The molecule has 188 valence electrons. The molecule has 0 aromatic rings. The molecule has 3 saturated heterocycles. The number of hydrogen-bond acceptors (Lipinski definition) is 5. The molecule has 0 amide bonds. The molecule has 0 aromatic carbocycles. The van der Waals surface area contributed by atoms with Gasteiger partial charge in [-0.25, -0.2) is 0 Å². The first kappa shape index (κ1) is 28.1. The van der Waals surface area contributed by atoms with Crippen LogP contribution in [0, 0.1) is 0 Å². The number of halogens is 1. The number of piperidine rings is 3. The summed E-state index contributed by atoms with van der Waals surface area (Å²) in [5, 5.41) is 3.59. The van der Waals surface area contributed by atoms with Crippen LogP contribution in [0.2, 0.25) is 0 Å². The van der Waals surface area contributed by atoms with E-state index < -0.39 is 0 Å². The minimum atomic E-state index is 0. The Balaban J connectivity index is 0.00000363. The van der Waals surface area contributed by atoms with Crippen LogP contribution in [0.3, 0.4) is 0 Å². The van der Waals surface area contributed by atoms with Gasteiger partial charge in [-0.15, -0.1) is 24.0 Å². The van der Waals surface area contributed by atoms with Crippen LogP contribution in [0.1, 0.15) is 58.3 Å². The maximum absolute atomic E-state index is 6.06. The number of likely N-dealkylation sites (tertiary alicyclic amines) is 3. The average molecular weight is 566 g/mol. The highest BCUT2D eigenvalue weighted by molar-refractivity contribution is 14.0. The van der Waals surface area contributed by atoms with Crippen molar-refractivity contribution in [2.75, 3.05) is 79.7 Å². The number of rotatable bonds is 9. The summed E-state index contributed by atoms with van der Waals surface area (Å²) < 4.78 is 11.2. The van der Waals surface area contributed by atoms with Gasteiger partial charge in [-0.05, 0) is 85.1 Å². The summed E-state index contributed by atoms with van der Waals surface area (Å²) in [5.41, 5.74) is 0.246. The quantitative estimate of drug-likeness (QED) is 0.201. The monoisotopic (exact) mass is 565 g/mol. The van der Waals surface area contributed by atoms with Crippen molar-refractivity contribution in [3.8, 4) is 0 Å². The topological polar surface area (TPSA) is 52.6 Å². The zero-order valence-electron chi connectivity index (χ0n) is 20.8. The zero-order chi connectivity index (χ0) is 21.9. The molecular formula is C24H48IN5O2. The SMILES string of the molecule is CCNC(=NCC1(N2CCCCC2)CCN(C)CC1)N1CCC(OCCCOC)CC1.I. The Labute approximate surface area is 213 Å². The smallest absolute Gasteiger partial charge is 0.193 e. The van der Waals surface area contributed by atoms with Gasteiger partial charge < -0.3 is 24.6 Å². The predicted octanol–water partition coefficient (Wildman–Crippen LogP) is 3.04. The Morgan fingerprint density at radius 1 is 1.00 bits per heavy atom. The van der Waals surface area contributed by atoms with Gasteiger partial charge in [0.25, 0.3) is 0 Å². The summed E-state index contributed by atoms with van der Waals surface area (Å²) in [4.78, 5) is 13.0. The van der Waals surface area contributed by atoms with Crippen LogP contribution >= 0.6 is 24.0 Å². The molecule has 0 unspecified atom stereocenters. The molecule has 0 aromatic heterocycles. The van der Waals surface area contributed by atoms with Crippen LogP contribution in [0.5, 0.6) is 0 Å². The van der Waals surface area contributed by atoms with Crippen LogP contribution < -0.4 is 5.32 Å². The average Bonchev–Trinajstić information content (AvgIpc) is 2.82. The molecule has 7 nitrogen and oxygen atoms in total. The summed E-state index contributed by atoms with van der Waals surface area (Å²) in [6.07, 6.45) is 10.1. The van der Waals surface area contributed by atoms with Gasteiger partial charge in [-0.3, -0.25) is 9.89 Å². The molecule has 0 saturated carbocycles.